The summed E-state index contributed by atoms with van der Waals surface area (Å²) in [5.74, 6) is -0.0104. The molecule has 2 rings (SSSR count). The molecule has 24 heavy (non-hydrogen) atoms. The Morgan fingerprint density at radius 3 is 2.29 bits per heavy atom. The third-order valence-corrected chi connectivity index (χ3v) is 4.94. The van der Waals surface area contributed by atoms with Gasteiger partial charge in [0.1, 0.15) is 0 Å². The second-order valence-corrected chi connectivity index (χ2v) is 6.39. The second kappa shape index (κ2) is 7.65. The van der Waals surface area contributed by atoms with Gasteiger partial charge >= 0.3 is 0 Å². The van der Waals surface area contributed by atoms with E-state index in [0.717, 1.165) is 23.4 Å². The van der Waals surface area contributed by atoms with Crippen LogP contribution in [0.5, 0.6) is 0 Å². The predicted molar refractivity (Wildman–Crippen MR) is 98.0 cm³/mol. The van der Waals surface area contributed by atoms with Crippen molar-refractivity contribution in [1.82, 2.24) is 14.7 Å². The molecule has 0 aliphatic rings. The first-order chi connectivity index (χ1) is 11.4. The summed E-state index contributed by atoms with van der Waals surface area (Å²) >= 11 is 0. The monoisotopic (exact) mass is 327 g/mol. The highest BCUT2D eigenvalue weighted by atomic mass is 16.2. The second-order valence-electron chi connectivity index (χ2n) is 6.39. The zero-order chi connectivity index (χ0) is 17.9. The number of nitrogens with zero attached hydrogens (tertiary/aromatic N) is 3. The molecule has 0 bridgehead atoms. The van der Waals surface area contributed by atoms with Crippen LogP contribution in [-0.2, 0) is 11.8 Å². The van der Waals surface area contributed by atoms with E-state index in [9.17, 15) is 4.79 Å². The molecule has 1 heterocycles. The molecule has 0 spiro atoms. The Hall–Kier alpha value is -2.10. The summed E-state index contributed by atoms with van der Waals surface area (Å²) in [5, 5.41) is 4.47. The molecule has 0 N–H and O–H groups in total. The average Bonchev–Trinajstić information content (AvgIpc) is 2.84. The average molecular weight is 327 g/mol. The molecule has 4 nitrogen and oxygen atoms in total. The molecule has 130 valence electrons. The molecule has 0 saturated heterocycles. The van der Waals surface area contributed by atoms with Crippen LogP contribution in [0.3, 0.4) is 0 Å². The van der Waals surface area contributed by atoms with Gasteiger partial charge in [-0.15, -0.1) is 0 Å². The number of aromatic nitrogens is 2. The number of likely N-dealkylation sites (N-methyl/N-ethyl adjacent to an activating group) is 1. The normalized spacial score (nSPS) is 13.6. The van der Waals surface area contributed by atoms with Gasteiger partial charge in [-0.05, 0) is 39.7 Å². The first-order valence-electron chi connectivity index (χ1n) is 8.77. The molecule has 2 aromatic rings. The molecule has 0 saturated carbocycles. The van der Waals surface area contributed by atoms with Crippen LogP contribution >= 0.6 is 0 Å². The lowest BCUT2D eigenvalue weighted by Crippen LogP contribution is -2.37. The van der Waals surface area contributed by atoms with Gasteiger partial charge in [0.25, 0.3) is 0 Å². The highest BCUT2D eigenvalue weighted by Gasteiger charge is 2.30. The quantitative estimate of drug-likeness (QED) is 0.800. The number of hydrogen-bond donors (Lipinski definition) is 0. The third-order valence-electron chi connectivity index (χ3n) is 4.94. The van der Waals surface area contributed by atoms with Crippen LogP contribution in [0.25, 0.3) is 0 Å². The summed E-state index contributed by atoms with van der Waals surface area (Å²) in [4.78, 5) is 15.3. The molecule has 1 aromatic heterocycles. The van der Waals surface area contributed by atoms with Gasteiger partial charge in [-0.3, -0.25) is 9.48 Å². The van der Waals surface area contributed by atoms with E-state index < -0.39 is 0 Å². The summed E-state index contributed by atoms with van der Waals surface area (Å²) in [6, 6.07) is 10.4. The van der Waals surface area contributed by atoms with Crippen LogP contribution in [0.4, 0.5) is 0 Å². The standard InChI is InChI=1S/C20H29N3O/c1-7-18(17-12-10-9-11-13-17)23(8-2)20(24)14(3)19-15(4)21-22(6)16(19)5/h9-14,18H,7-8H2,1-6H3/t14-,18+/m0/s1. The number of carbonyl (C=O) groups is 1. The molecule has 2 atom stereocenters. The van der Waals surface area contributed by atoms with Crippen molar-refractivity contribution in [3.63, 3.8) is 0 Å². The fraction of sp³-hybridized carbons (Fsp3) is 0.500. The highest BCUT2D eigenvalue weighted by Crippen LogP contribution is 2.30. The van der Waals surface area contributed by atoms with Crippen molar-refractivity contribution in [2.24, 2.45) is 7.05 Å². The fourth-order valence-corrected chi connectivity index (χ4v) is 3.63. The number of hydrogen-bond acceptors (Lipinski definition) is 2. The van der Waals surface area contributed by atoms with Gasteiger partial charge in [0.15, 0.2) is 0 Å². The first kappa shape index (κ1) is 18.2. The van der Waals surface area contributed by atoms with Gasteiger partial charge in [0.05, 0.1) is 17.7 Å². The molecule has 0 unspecified atom stereocenters. The SMILES string of the molecule is CC[C@H](c1ccccc1)N(CC)C(=O)[C@@H](C)c1c(C)nn(C)c1C. The van der Waals surface area contributed by atoms with Crippen molar-refractivity contribution in [3.05, 3.63) is 52.8 Å². The Bertz CT molecular complexity index is 690. The Kier molecular flexibility index (Phi) is 5.81. The van der Waals surface area contributed by atoms with Gasteiger partial charge in [-0.1, -0.05) is 37.3 Å². The van der Waals surface area contributed by atoms with Crippen LogP contribution in [0, 0.1) is 13.8 Å². The zero-order valence-corrected chi connectivity index (χ0v) is 15.7. The third kappa shape index (κ3) is 3.37. The predicted octanol–water partition coefficient (Wildman–Crippen LogP) is 4.14. The Labute approximate surface area is 145 Å². The maximum absolute atomic E-state index is 13.3. The number of aryl methyl sites for hydroxylation is 2. The van der Waals surface area contributed by atoms with E-state index in [1.165, 1.54) is 5.56 Å². The number of benzene rings is 1. The van der Waals surface area contributed by atoms with Gasteiger partial charge in [-0.25, -0.2) is 0 Å². The van der Waals surface area contributed by atoms with E-state index in [-0.39, 0.29) is 17.9 Å². The molecule has 1 aromatic carbocycles. The number of rotatable bonds is 6. The molecular weight excluding hydrogens is 298 g/mol. The van der Waals surface area contributed by atoms with E-state index in [1.807, 2.05) is 55.6 Å². The van der Waals surface area contributed by atoms with Crippen molar-refractivity contribution in [1.29, 1.82) is 0 Å². The fourth-order valence-electron chi connectivity index (χ4n) is 3.63. The molecule has 0 radical (unpaired) electrons. The molecule has 0 aliphatic carbocycles. The lowest BCUT2D eigenvalue weighted by Gasteiger charge is -2.33. The van der Waals surface area contributed by atoms with Crippen LogP contribution in [-0.4, -0.2) is 27.1 Å². The Morgan fingerprint density at radius 2 is 1.83 bits per heavy atom. The minimum Gasteiger partial charge on any atom is -0.335 e. The largest absolute Gasteiger partial charge is 0.335 e. The Morgan fingerprint density at radius 1 is 1.21 bits per heavy atom. The molecule has 4 heteroatoms. The summed E-state index contributed by atoms with van der Waals surface area (Å²) in [6.45, 7) is 10.9. The van der Waals surface area contributed by atoms with E-state index in [2.05, 4.69) is 31.1 Å². The smallest absolute Gasteiger partial charge is 0.230 e. The van der Waals surface area contributed by atoms with Gasteiger partial charge in [-0.2, -0.15) is 5.10 Å². The zero-order valence-electron chi connectivity index (χ0n) is 15.7. The summed E-state index contributed by atoms with van der Waals surface area (Å²) in [5.41, 5.74) is 4.27. The molecule has 0 aliphatic heterocycles. The van der Waals surface area contributed by atoms with Crippen molar-refractivity contribution >= 4 is 5.91 Å². The topological polar surface area (TPSA) is 38.1 Å². The van der Waals surface area contributed by atoms with Crippen molar-refractivity contribution < 1.29 is 4.79 Å². The highest BCUT2D eigenvalue weighted by molar-refractivity contribution is 5.84. The number of amides is 1. The summed E-state index contributed by atoms with van der Waals surface area (Å²) < 4.78 is 1.86. The van der Waals surface area contributed by atoms with Crippen LogP contribution in [0.15, 0.2) is 30.3 Å². The molecule has 0 fully saturated rings. The van der Waals surface area contributed by atoms with Crippen molar-refractivity contribution in [2.45, 2.75) is 53.0 Å². The lowest BCUT2D eigenvalue weighted by molar-refractivity contribution is -0.134. The minimum atomic E-state index is -0.184. The van der Waals surface area contributed by atoms with E-state index >= 15 is 0 Å². The molecule has 1 amide bonds. The van der Waals surface area contributed by atoms with Crippen LogP contribution in [0.1, 0.15) is 61.7 Å². The maximum atomic E-state index is 13.3. The van der Waals surface area contributed by atoms with E-state index in [4.69, 9.17) is 0 Å². The van der Waals surface area contributed by atoms with Crippen molar-refractivity contribution in [3.8, 4) is 0 Å². The number of carbonyl (C=O) groups excluding carboxylic acids is 1. The van der Waals surface area contributed by atoms with Crippen LogP contribution in [0.2, 0.25) is 0 Å². The summed E-state index contributed by atoms with van der Waals surface area (Å²) in [7, 11) is 1.93. The molecular formula is C20H29N3O. The Balaban J connectivity index is 2.34. The lowest BCUT2D eigenvalue weighted by atomic mass is 9.95. The van der Waals surface area contributed by atoms with Gasteiger partial charge < -0.3 is 4.90 Å². The summed E-state index contributed by atoms with van der Waals surface area (Å²) in [6.07, 6.45) is 0.904. The van der Waals surface area contributed by atoms with E-state index in [1.54, 1.807) is 0 Å². The maximum Gasteiger partial charge on any atom is 0.230 e. The van der Waals surface area contributed by atoms with Gasteiger partial charge in [0, 0.05) is 24.8 Å². The van der Waals surface area contributed by atoms with E-state index in [0.29, 0.717) is 6.54 Å². The minimum absolute atomic E-state index is 0.114. The van der Waals surface area contributed by atoms with Crippen molar-refractivity contribution in [2.75, 3.05) is 6.54 Å². The van der Waals surface area contributed by atoms with Crippen LogP contribution < -0.4 is 0 Å². The van der Waals surface area contributed by atoms with Gasteiger partial charge in [0.2, 0.25) is 5.91 Å². The first-order valence-corrected chi connectivity index (χ1v) is 8.77.